The van der Waals surface area contributed by atoms with Gasteiger partial charge in [-0.15, -0.1) is 0 Å². The Bertz CT molecular complexity index is 558. The third-order valence-corrected chi connectivity index (χ3v) is 2.11. The zero-order valence-corrected chi connectivity index (χ0v) is 8.34. The molecule has 0 saturated heterocycles. The molecule has 5 nitrogen and oxygen atoms in total. The molecule has 1 aromatic heterocycles. The van der Waals surface area contributed by atoms with Crippen molar-refractivity contribution in [3.8, 4) is 11.4 Å². The van der Waals surface area contributed by atoms with Gasteiger partial charge in [0.25, 0.3) is 0 Å². The highest BCUT2D eigenvalue weighted by Gasteiger charge is 2.12. The van der Waals surface area contributed by atoms with E-state index < -0.39 is 5.97 Å². The summed E-state index contributed by atoms with van der Waals surface area (Å²) in [6.07, 6.45) is 0. The second-order valence-corrected chi connectivity index (χ2v) is 3.25. The highest BCUT2D eigenvalue weighted by Crippen LogP contribution is 2.19. The molecule has 0 aliphatic rings. The predicted molar refractivity (Wildman–Crippen MR) is 56.2 cm³/mol. The first-order valence-electron chi connectivity index (χ1n) is 4.16. The minimum atomic E-state index is -0.993. The van der Waals surface area contributed by atoms with Crippen molar-refractivity contribution in [3.63, 3.8) is 0 Å². The molecule has 0 aliphatic carbocycles. The Morgan fingerprint density at radius 2 is 2.07 bits per heavy atom. The maximum absolute atomic E-state index is 10.9. The average Bonchev–Trinajstić information content (AvgIpc) is 2.65. The van der Waals surface area contributed by atoms with Crippen LogP contribution in [0.15, 0.2) is 24.3 Å². The first kappa shape index (κ1) is 9.60. The smallest absolute Gasteiger partial charge is 0.336 e. The van der Waals surface area contributed by atoms with E-state index in [1.807, 2.05) is 0 Å². The Hall–Kier alpha value is -1.95. The van der Waals surface area contributed by atoms with Gasteiger partial charge in [-0.3, -0.25) is 10.2 Å². The molecule has 6 heteroatoms. The minimum Gasteiger partial charge on any atom is -0.478 e. The average molecular weight is 221 g/mol. The Labute approximate surface area is 89.8 Å². The third-order valence-electron chi connectivity index (χ3n) is 1.91. The number of carboxylic acid groups (broad SMARTS) is 1. The van der Waals surface area contributed by atoms with Gasteiger partial charge in [-0.05, 0) is 18.3 Å². The van der Waals surface area contributed by atoms with Gasteiger partial charge in [0, 0.05) is 5.56 Å². The van der Waals surface area contributed by atoms with Crippen LogP contribution < -0.4 is 0 Å². The highest BCUT2D eigenvalue weighted by atomic mass is 32.1. The number of aromatic amines is 2. The summed E-state index contributed by atoms with van der Waals surface area (Å²) in [6, 6.07) is 6.59. The van der Waals surface area contributed by atoms with Crippen molar-refractivity contribution in [2.75, 3.05) is 0 Å². The molecule has 0 aliphatic heterocycles. The third kappa shape index (κ3) is 1.79. The topological polar surface area (TPSA) is 81.8 Å². The molecule has 0 fully saturated rings. The van der Waals surface area contributed by atoms with E-state index in [1.165, 1.54) is 6.07 Å². The van der Waals surface area contributed by atoms with Crippen LogP contribution >= 0.6 is 12.2 Å². The van der Waals surface area contributed by atoms with E-state index in [0.717, 1.165) is 0 Å². The van der Waals surface area contributed by atoms with Gasteiger partial charge < -0.3 is 5.11 Å². The largest absolute Gasteiger partial charge is 0.478 e. The second kappa shape index (κ2) is 3.66. The van der Waals surface area contributed by atoms with Crippen LogP contribution in [-0.2, 0) is 0 Å². The number of carbonyl (C=O) groups is 1. The van der Waals surface area contributed by atoms with Crippen LogP contribution in [0, 0.1) is 4.77 Å². The Morgan fingerprint density at radius 1 is 1.33 bits per heavy atom. The number of nitrogens with one attached hydrogen (secondary N) is 2. The lowest BCUT2D eigenvalue weighted by atomic mass is 10.1. The van der Waals surface area contributed by atoms with E-state index in [1.54, 1.807) is 18.2 Å². The van der Waals surface area contributed by atoms with Gasteiger partial charge >= 0.3 is 5.97 Å². The van der Waals surface area contributed by atoms with E-state index in [4.69, 9.17) is 17.3 Å². The first-order chi connectivity index (χ1) is 7.18. The van der Waals surface area contributed by atoms with Crippen LogP contribution in [-0.4, -0.2) is 26.3 Å². The summed E-state index contributed by atoms with van der Waals surface area (Å²) in [7, 11) is 0. The quantitative estimate of drug-likeness (QED) is 0.676. The number of rotatable bonds is 2. The number of carboxylic acids is 1. The molecule has 2 aromatic rings. The summed E-state index contributed by atoms with van der Waals surface area (Å²) in [6.45, 7) is 0. The monoisotopic (exact) mass is 221 g/mol. The first-order valence-corrected chi connectivity index (χ1v) is 4.56. The molecule has 0 atom stereocenters. The van der Waals surface area contributed by atoms with Crippen LogP contribution in [0.3, 0.4) is 0 Å². The standard InChI is InChI=1S/C9H7N3O2S/c13-8(14)6-4-2-1-3-5(6)7-10-9(15)12-11-7/h1-4H,(H,13,14)(H2,10,11,12,15). The molecule has 76 valence electrons. The normalized spacial score (nSPS) is 10.1. The SMILES string of the molecule is O=C(O)c1ccccc1-c1nc(=S)[nH][nH]1. The minimum absolute atomic E-state index is 0.190. The number of aromatic nitrogens is 3. The highest BCUT2D eigenvalue weighted by molar-refractivity contribution is 7.71. The number of hydrogen-bond donors (Lipinski definition) is 3. The van der Waals surface area contributed by atoms with Crippen molar-refractivity contribution in [1.82, 2.24) is 15.2 Å². The number of nitrogens with zero attached hydrogens (tertiary/aromatic N) is 1. The molecule has 0 bridgehead atoms. The molecule has 0 unspecified atom stereocenters. The van der Waals surface area contributed by atoms with Gasteiger partial charge in [-0.1, -0.05) is 18.2 Å². The summed E-state index contributed by atoms with van der Waals surface area (Å²) in [5.41, 5.74) is 0.701. The van der Waals surface area contributed by atoms with Crippen molar-refractivity contribution < 1.29 is 9.90 Å². The number of hydrogen-bond acceptors (Lipinski definition) is 3. The van der Waals surface area contributed by atoms with E-state index in [-0.39, 0.29) is 5.56 Å². The summed E-state index contributed by atoms with van der Waals surface area (Å²) >= 11 is 4.80. The zero-order valence-electron chi connectivity index (χ0n) is 7.52. The summed E-state index contributed by atoms with van der Waals surface area (Å²) < 4.78 is 0.296. The summed E-state index contributed by atoms with van der Waals surface area (Å²) in [5.74, 6) is -0.564. The maximum Gasteiger partial charge on any atom is 0.336 e. The molecule has 3 N–H and O–H groups in total. The second-order valence-electron chi connectivity index (χ2n) is 2.87. The zero-order chi connectivity index (χ0) is 10.8. The van der Waals surface area contributed by atoms with Crippen LogP contribution in [0.5, 0.6) is 0 Å². The molecular weight excluding hydrogens is 214 g/mol. The predicted octanol–water partition coefficient (Wildman–Crippen LogP) is 1.83. The lowest BCUT2D eigenvalue weighted by Gasteiger charge is -2.00. The molecule has 1 aromatic carbocycles. The fourth-order valence-corrected chi connectivity index (χ4v) is 1.42. The molecule has 0 radical (unpaired) electrons. The van der Waals surface area contributed by atoms with Gasteiger partial charge in [0.05, 0.1) is 5.56 Å². The Morgan fingerprint density at radius 3 is 2.67 bits per heavy atom. The number of benzene rings is 1. The van der Waals surface area contributed by atoms with Gasteiger partial charge in [0.1, 0.15) is 0 Å². The molecule has 15 heavy (non-hydrogen) atoms. The summed E-state index contributed by atoms with van der Waals surface area (Å²) in [4.78, 5) is 14.9. The van der Waals surface area contributed by atoms with Gasteiger partial charge in [-0.2, -0.15) is 4.98 Å². The molecule has 0 saturated carbocycles. The van der Waals surface area contributed by atoms with Gasteiger partial charge in [0.15, 0.2) is 5.82 Å². The lowest BCUT2D eigenvalue weighted by Crippen LogP contribution is -1.99. The molecule has 0 amide bonds. The molecule has 2 rings (SSSR count). The van der Waals surface area contributed by atoms with E-state index >= 15 is 0 Å². The number of aromatic carboxylic acids is 1. The lowest BCUT2D eigenvalue weighted by molar-refractivity contribution is 0.0697. The molecular formula is C9H7N3O2S. The molecule has 1 heterocycles. The van der Waals surface area contributed by atoms with Gasteiger partial charge in [0.2, 0.25) is 4.77 Å². The fourth-order valence-electron chi connectivity index (χ4n) is 1.27. The van der Waals surface area contributed by atoms with Crippen molar-refractivity contribution >= 4 is 18.2 Å². The van der Waals surface area contributed by atoms with E-state index in [9.17, 15) is 4.79 Å². The fraction of sp³-hybridized carbons (Fsp3) is 0. The van der Waals surface area contributed by atoms with Crippen LogP contribution in [0.1, 0.15) is 10.4 Å². The van der Waals surface area contributed by atoms with Crippen LogP contribution in [0.25, 0.3) is 11.4 Å². The van der Waals surface area contributed by atoms with Gasteiger partial charge in [-0.25, -0.2) is 4.79 Å². The number of H-pyrrole nitrogens is 2. The van der Waals surface area contributed by atoms with Crippen LogP contribution in [0.4, 0.5) is 0 Å². The van der Waals surface area contributed by atoms with E-state index in [2.05, 4.69) is 15.2 Å². The van der Waals surface area contributed by atoms with Crippen molar-refractivity contribution in [3.05, 3.63) is 34.6 Å². The van der Waals surface area contributed by atoms with Crippen LogP contribution in [0.2, 0.25) is 0 Å². The van der Waals surface area contributed by atoms with E-state index in [0.29, 0.717) is 16.2 Å². The van der Waals surface area contributed by atoms with Crippen molar-refractivity contribution in [2.24, 2.45) is 0 Å². The maximum atomic E-state index is 10.9. The van der Waals surface area contributed by atoms with Crippen molar-refractivity contribution in [2.45, 2.75) is 0 Å². The Kier molecular flexibility index (Phi) is 2.34. The summed E-state index contributed by atoms with van der Waals surface area (Å²) in [5, 5.41) is 14.3. The van der Waals surface area contributed by atoms with Crippen molar-refractivity contribution in [1.29, 1.82) is 0 Å². The molecule has 0 spiro atoms. The Balaban J connectivity index is 2.62.